The van der Waals surface area contributed by atoms with Crippen molar-refractivity contribution in [3.63, 3.8) is 0 Å². The summed E-state index contributed by atoms with van der Waals surface area (Å²) in [6.45, 7) is 2.39. The van der Waals surface area contributed by atoms with Crippen molar-refractivity contribution in [3.05, 3.63) is 65.5 Å². The molecule has 0 unspecified atom stereocenters. The predicted octanol–water partition coefficient (Wildman–Crippen LogP) is 3.51. The summed E-state index contributed by atoms with van der Waals surface area (Å²) in [5, 5.41) is 0. The van der Waals surface area contributed by atoms with E-state index in [9.17, 15) is 4.39 Å². The number of aryl methyl sites for hydroxylation is 1. The number of halogens is 1. The van der Waals surface area contributed by atoms with E-state index >= 15 is 0 Å². The van der Waals surface area contributed by atoms with Crippen molar-refractivity contribution in [2.24, 2.45) is 0 Å². The lowest BCUT2D eigenvalue weighted by Crippen LogP contribution is -1.97. The third kappa shape index (κ3) is 2.60. The fraction of sp³-hybridized carbons (Fsp3) is 0.143. The van der Waals surface area contributed by atoms with Crippen LogP contribution < -0.4 is 4.74 Å². The van der Waals surface area contributed by atoms with Crippen LogP contribution in [0, 0.1) is 18.8 Å². The van der Waals surface area contributed by atoms with Gasteiger partial charge in [-0.3, -0.25) is 0 Å². The van der Waals surface area contributed by atoms with Crippen LogP contribution in [0.2, 0.25) is 0 Å². The van der Waals surface area contributed by atoms with Gasteiger partial charge in [0.1, 0.15) is 6.61 Å². The lowest BCUT2D eigenvalue weighted by atomic mass is 10.1. The second-order valence-electron chi connectivity index (χ2n) is 3.63. The first-order valence-electron chi connectivity index (χ1n) is 5.10. The Bertz CT molecular complexity index is 480. The highest BCUT2D eigenvalue weighted by atomic mass is 19.1. The molecule has 0 N–H and O–H groups in total. The minimum atomic E-state index is -0.449. The van der Waals surface area contributed by atoms with Gasteiger partial charge >= 0.3 is 0 Å². The van der Waals surface area contributed by atoms with Crippen LogP contribution in [0.4, 0.5) is 4.39 Å². The molecule has 0 amide bonds. The van der Waals surface area contributed by atoms with Gasteiger partial charge in [0, 0.05) is 6.07 Å². The van der Waals surface area contributed by atoms with Crippen LogP contribution in [0.25, 0.3) is 0 Å². The molecule has 0 atom stereocenters. The Hall–Kier alpha value is -1.83. The molecule has 0 saturated carbocycles. The first-order valence-corrected chi connectivity index (χ1v) is 5.10. The molecule has 2 heteroatoms. The van der Waals surface area contributed by atoms with E-state index in [2.05, 4.69) is 6.07 Å². The van der Waals surface area contributed by atoms with Crippen molar-refractivity contribution in [1.29, 1.82) is 0 Å². The molecule has 0 spiro atoms. The Morgan fingerprint density at radius 2 is 2.12 bits per heavy atom. The molecule has 0 aromatic heterocycles. The summed E-state index contributed by atoms with van der Waals surface area (Å²) in [6.07, 6.45) is 0. The van der Waals surface area contributed by atoms with Crippen molar-refractivity contribution in [2.45, 2.75) is 13.5 Å². The van der Waals surface area contributed by atoms with E-state index < -0.39 is 5.82 Å². The van der Waals surface area contributed by atoms with Crippen LogP contribution in [-0.2, 0) is 6.61 Å². The zero-order valence-corrected chi connectivity index (χ0v) is 9.03. The number of ether oxygens (including phenoxy) is 1. The van der Waals surface area contributed by atoms with Gasteiger partial charge in [-0.25, -0.2) is 4.39 Å². The van der Waals surface area contributed by atoms with Gasteiger partial charge in [-0.05, 0) is 18.6 Å². The number of rotatable bonds is 3. The standard InChI is InChI=1S/C14H12FO/c1-11-5-4-6-12(9-11)10-16-14-8-3-2-7-13(14)15/h2-6,8-9H,10H2,1H3. The molecule has 0 fully saturated rings. The maximum Gasteiger partial charge on any atom is 0.172 e. The number of hydrogen-bond donors (Lipinski definition) is 0. The summed E-state index contributed by atoms with van der Waals surface area (Å²) >= 11 is 0. The van der Waals surface area contributed by atoms with Gasteiger partial charge < -0.3 is 4.74 Å². The van der Waals surface area contributed by atoms with Gasteiger partial charge in [0.25, 0.3) is 0 Å². The molecule has 0 aliphatic rings. The van der Waals surface area contributed by atoms with Gasteiger partial charge in [0.2, 0.25) is 0 Å². The van der Waals surface area contributed by atoms with E-state index in [0.29, 0.717) is 6.61 Å². The molecule has 16 heavy (non-hydrogen) atoms. The molecule has 81 valence electrons. The minimum absolute atomic E-state index is 0.240. The molecule has 2 aromatic rings. The Kier molecular flexibility index (Phi) is 3.20. The van der Waals surface area contributed by atoms with Gasteiger partial charge in [-0.15, -0.1) is 0 Å². The zero-order chi connectivity index (χ0) is 11.4. The third-order valence-electron chi connectivity index (χ3n) is 2.25. The number of benzene rings is 2. The van der Waals surface area contributed by atoms with Crippen molar-refractivity contribution < 1.29 is 9.13 Å². The Balaban J connectivity index is 2.05. The molecule has 0 heterocycles. The average molecular weight is 215 g/mol. The highest BCUT2D eigenvalue weighted by Gasteiger charge is 2.01. The summed E-state index contributed by atoms with van der Waals surface area (Å²) < 4.78 is 18.6. The highest BCUT2D eigenvalue weighted by molar-refractivity contribution is 5.25. The SMILES string of the molecule is Cc1cccc(COc2ccc[c]c2F)c1. The van der Waals surface area contributed by atoms with Crippen molar-refractivity contribution in [2.75, 3.05) is 0 Å². The summed E-state index contributed by atoms with van der Waals surface area (Å²) in [6, 6.07) is 15.2. The minimum Gasteiger partial charge on any atom is -0.486 e. The van der Waals surface area contributed by atoms with Gasteiger partial charge in [0.05, 0.1) is 0 Å². The quantitative estimate of drug-likeness (QED) is 0.761. The largest absolute Gasteiger partial charge is 0.486 e. The molecule has 1 radical (unpaired) electrons. The molecule has 2 rings (SSSR count). The Labute approximate surface area is 94.5 Å². The van der Waals surface area contributed by atoms with Crippen LogP contribution in [0.5, 0.6) is 5.75 Å². The average Bonchev–Trinajstić information content (AvgIpc) is 2.28. The highest BCUT2D eigenvalue weighted by Crippen LogP contribution is 2.16. The normalized spacial score (nSPS) is 10.1. The second-order valence-corrected chi connectivity index (χ2v) is 3.63. The van der Waals surface area contributed by atoms with Crippen LogP contribution in [0.3, 0.4) is 0 Å². The van der Waals surface area contributed by atoms with Crippen LogP contribution in [-0.4, -0.2) is 0 Å². The molecule has 0 bridgehead atoms. The van der Waals surface area contributed by atoms with Gasteiger partial charge in [0.15, 0.2) is 11.6 Å². The summed E-state index contributed by atoms with van der Waals surface area (Å²) in [5.74, 6) is -0.209. The third-order valence-corrected chi connectivity index (χ3v) is 2.25. The van der Waals surface area contributed by atoms with Crippen LogP contribution in [0.1, 0.15) is 11.1 Å². The molecule has 0 saturated heterocycles. The molecule has 2 aromatic carbocycles. The van der Waals surface area contributed by atoms with Gasteiger partial charge in [-0.1, -0.05) is 42.0 Å². The molecular formula is C14H12FO. The first kappa shape index (κ1) is 10.7. The molecule has 0 aliphatic carbocycles. The van der Waals surface area contributed by atoms with Gasteiger partial charge in [-0.2, -0.15) is 0 Å². The lowest BCUT2D eigenvalue weighted by molar-refractivity contribution is 0.290. The van der Waals surface area contributed by atoms with E-state index in [4.69, 9.17) is 4.74 Å². The summed E-state index contributed by atoms with van der Waals surface area (Å²) in [5.41, 5.74) is 2.20. The Morgan fingerprint density at radius 1 is 1.25 bits per heavy atom. The topological polar surface area (TPSA) is 9.23 Å². The van der Waals surface area contributed by atoms with Crippen molar-refractivity contribution >= 4 is 0 Å². The summed E-state index contributed by atoms with van der Waals surface area (Å²) in [4.78, 5) is 0. The lowest BCUT2D eigenvalue weighted by Gasteiger charge is -2.07. The predicted molar refractivity (Wildman–Crippen MR) is 60.7 cm³/mol. The maximum atomic E-state index is 13.2. The molecule has 1 nitrogen and oxygen atoms in total. The molecular weight excluding hydrogens is 203 g/mol. The number of hydrogen-bond acceptors (Lipinski definition) is 1. The van der Waals surface area contributed by atoms with E-state index in [1.165, 1.54) is 11.6 Å². The van der Waals surface area contributed by atoms with E-state index in [-0.39, 0.29) is 5.75 Å². The van der Waals surface area contributed by atoms with Crippen molar-refractivity contribution in [1.82, 2.24) is 0 Å². The van der Waals surface area contributed by atoms with E-state index in [1.54, 1.807) is 12.1 Å². The fourth-order valence-electron chi connectivity index (χ4n) is 1.48. The monoisotopic (exact) mass is 215 g/mol. The van der Waals surface area contributed by atoms with E-state index in [1.807, 2.05) is 31.2 Å². The summed E-state index contributed by atoms with van der Waals surface area (Å²) in [7, 11) is 0. The first-order chi connectivity index (χ1) is 7.75. The maximum absolute atomic E-state index is 13.2. The molecule has 0 aliphatic heterocycles. The van der Waals surface area contributed by atoms with Crippen LogP contribution in [0.15, 0.2) is 42.5 Å². The van der Waals surface area contributed by atoms with E-state index in [0.717, 1.165) is 5.56 Å². The zero-order valence-electron chi connectivity index (χ0n) is 9.03. The smallest absolute Gasteiger partial charge is 0.172 e. The Morgan fingerprint density at radius 3 is 2.88 bits per heavy atom. The van der Waals surface area contributed by atoms with Crippen LogP contribution >= 0.6 is 0 Å². The fourth-order valence-corrected chi connectivity index (χ4v) is 1.48. The second kappa shape index (κ2) is 4.79. The van der Waals surface area contributed by atoms with Crippen molar-refractivity contribution in [3.8, 4) is 5.75 Å².